The number of nitrogens with one attached hydrogen (secondary N) is 1. The van der Waals surface area contributed by atoms with Crippen LogP contribution in [0.25, 0.3) is 0 Å². The maximum atomic E-state index is 10.5. The Hall–Kier alpha value is -1.73. The molecule has 2 aliphatic rings. The summed E-state index contributed by atoms with van der Waals surface area (Å²) >= 11 is 0. The van der Waals surface area contributed by atoms with E-state index in [1.807, 2.05) is 6.92 Å². The summed E-state index contributed by atoms with van der Waals surface area (Å²) in [5, 5.41) is 3.49. The van der Waals surface area contributed by atoms with E-state index in [0.717, 1.165) is 24.1 Å². The van der Waals surface area contributed by atoms with Crippen molar-refractivity contribution in [1.29, 1.82) is 0 Å². The quantitative estimate of drug-likeness (QED) is 0.809. The van der Waals surface area contributed by atoms with Gasteiger partial charge in [0.1, 0.15) is 0 Å². The molecule has 0 spiro atoms. The molecule has 2 aromatic rings. The average molecular weight is 375 g/mol. The van der Waals surface area contributed by atoms with E-state index in [2.05, 4.69) is 40.5 Å². The van der Waals surface area contributed by atoms with Crippen LogP contribution in [0.2, 0.25) is 0 Å². The van der Waals surface area contributed by atoms with Crippen molar-refractivity contribution in [2.75, 3.05) is 19.6 Å². The lowest BCUT2D eigenvalue weighted by atomic mass is 9.83. The summed E-state index contributed by atoms with van der Waals surface area (Å²) in [6.45, 7) is 6.69. The summed E-state index contributed by atoms with van der Waals surface area (Å²) in [5.41, 5.74) is 2.40. The molecule has 0 saturated carbocycles. The van der Waals surface area contributed by atoms with E-state index in [4.69, 9.17) is 4.55 Å². The molecule has 0 radical (unpaired) electrons. The SMILES string of the molecule is Cc1ccc(S(=O)(=O)O)cc1.c1ccc(CN2C[C@@H]3CCNC[C@@H]32)cc1. The Kier molecular flexibility index (Phi) is 6.09. The van der Waals surface area contributed by atoms with Gasteiger partial charge in [-0.1, -0.05) is 48.0 Å². The lowest BCUT2D eigenvalue weighted by molar-refractivity contribution is -0.0114. The Bertz CT molecular complexity index is 807. The molecule has 2 atom stereocenters. The van der Waals surface area contributed by atoms with Crippen LogP contribution in [-0.4, -0.2) is 43.5 Å². The Balaban J connectivity index is 0.000000160. The van der Waals surface area contributed by atoms with E-state index in [1.54, 1.807) is 12.1 Å². The van der Waals surface area contributed by atoms with Crippen molar-refractivity contribution in [3.05, 3.63) is 65.7 Å². The van der Waals surface area contributed by atoms with E-state index in [0.29, 0.717) is 0 Å². The standard InChI is InChI=1S/C13H18N2.C7H8O3S/c1-2-4-11(5-3-1)9-15-10-12-6-7-14-8-13(12)15;1-6-2-4-7(5-3-6)11(8,9)10/h1-5,12-14H,6-10H2;2-5H,1H3,(H,8,9,10)/t12-,13-;/m0./s1. The van der Waals surface area contributed by atoms with Crippen LogP contribution in [-0.2, 0) is 16.7 Å². The number of piperidine rings is 1. The summed E-state index contributed by atoms with van der Waals surface area (Å²) < 4.78 is 29.6. The molecule has 4 rings (SSSR count). The topological polar surface area (TPSA) is 69.6 Å². The first kappa shape index (κ1) is 19.0. The third kappa shape index (κ3) is 4.92. The highest BCUT2D eigenvalue weighted by Crippen LogP contribution is 2.30. The van der Waals surface area contributed by atoms with Gasteiger partial charge in [0.2, 0.25) is 0 Å². The van der Waals surface area contributed by atoms with E-state index in [-0.39, 0.29) is 4.90 Å². The lowest BCUT2D eigenvalue weighted by Crippen LogP contribution is -2.62. The van der Waals surface area contributed by atoms with Gasteiger partial charge in [-0.15, -0.1) is 0 Å². The number of rotatable bonds is 3. The van der Waals surface area contributed by atoms with E-state index < -0.39 is 10.1 Å². The zero-order valence-electron chi connectivity index (χ0n) is 15.0. The summed E-state index contributed by atoms with van der Waals surface area (Å²) in [6.07, 6.45) is 1.37. The second kappa shape index (κ2) is 8.31. The number of aryl methyl sites for hydroxylation is 1. The third-order valence-electron chi connectivity index (χ3n) is 5.07. The Labute approximate surface area is 155 Å². The molecule has 0 amide bonds. The Morgan fingerprint density at radius 2 is 1.81 bits per heavy atom. The molecule has 6 heteroatoms. The second-order valence-electron chi connectivity index (χ2n) is 7.02. The van der Waals surface area contributed by atoms with Crippen LogP contribution in [0.3, 0.4) is 0 Å². The fraction of sp³-hybridized carbons (Fsp3) is 0.400. The van der Waals surface area contributed by atoms with Crippen molar-refractivity contribution < 1.29 is 13.0 Å². The van der Waals surface area contributed by atoms with Crippen molar-refractivity contribution in [2.24, 2.45) is 5.92 Å². The van der Waals surface area contributed by atoms with Crippen molar-refractivity contribution in [3.63, 3.8) is 0 Å². The van der Waals surface area contributed by atoms with Crippen LogP contribution in [0.15, 0.2) is 59.5 Å². The second-order valence-corrected chi connectivity index (χ2v) is 8.44. The van der Waals surface area contributed by atoms with E-state index in [9.17, 15) is 8.42 Å². The van der Waals surface area contributed by atoms with Crippen LogP contribution >= 0.6 is 0 Å². The van der Waals surface area contributed by atoms with Crippen molar-refractivity contribution >= 4 is 10.1 Å². The molecule has 26 heavy (non-hydrogen) atoms. The molecule has 2 fully saturated rings. The van der Waals surface area contributed by atoms with Crippen LogP contribution in [0.1, 0.15) is 17.5 Å². The molecule has 0 unspecified atom stereocenters. The monoisotopic (exact) mass is 374 g/mol. The highest BCUT2D eigenvalue weighted by Gasteiger charge is 2.39. The van der Waals surface area contributed by atoms with Crippen LogP contribution in [0.4, 0.5) is 0 Å². The Morgan fingerprint density at radius 3 is 2.42 bits per heavy atom. The van der Waals surface area contributed by atoms with Crippen molar-refractivity contribution in [2.45, 2.75) is 30.8 Å². The van der Waals surface area contributed by atoms with E-state index in [1.165, 1.54) is 43.8 Å². The first-order chi connectivity index (χ1) is 12.4. The number of hydrogen-bond donors (Lipinski definition) is 2. The maximum absolute atomic E-state index is 10.5. The molecular formula is C20H26N2O3S. The predicted molar refractivity (Wildman–Crippen MR) is 103 cm³/mol. The minimum absolute atomic E-state index is 0.0666. The van der Waals surface area contributed by atoms with Gasteiger partial charge < -0.3 is 5.32 Å². The summed E-state index contributed by atoms with van der Waals surface area (Å²) in [5.74, 6) is 0.968. The smallest absolute Gasteiger partial charge is 0.294 e. The first-order valence-electron chi connectivity index (χ1n) is 8.96. The van der Waals surface area contributed by atoms with Gasteiger partial charge >= 0.3 is 0 Å². The largest absolute Gasteiger partial charge is 0.315 e. The van der Waals surface area contributed by atoms with E-state index >= 15 is 0 Å². The van der Waals surface area contributed by atoms with Gasteiger partial charge in [0, 0.05) is 25.7 Å². The van der Waals surface area contributed by atoms with Crippen LogP contribution in [0.5, 0.6) is 0 Å². The Morgan fingerprint density at radius 1 is 1.12 bits per heavy atom. The van der Waals surface area contributed by atoms with Gasteiger partial charge in [0.05, 0.1) is 4.90 Å². The predicted octanol–water partition coefficient (Wildman–Crippen LogP) is 2.72. The van der Waals surface area contributed by atoms with Gasteiger partial charge in [0.25, 0.3) is 10.1 Å². The molecule has 2 aromatic carbocycles. The molecule has 0 aromatic heterocycles. The average Bonchev–Trinajstić information content (AvgIpc) is 2.61. The summed E-state index contributed by atoms with van der Waals surface area (Å²) in [4.78, 5) is 2.54. The summed E-state index contributed by atoms with van der Waals surface area (Å²) in [7, 11) is -4.02. The normalized spacial score (nSPS) is 22.5. The molecule has 0 aliphatic carbocycles. The fourth-order valence-electron chi connectivity index (χ4n) is 3.55. The van der Waals surface area contributed by atoms with Gasteiger partial charge in [-0.05, 0) is 43.5 Å². The fourth-order valence-corrected chi connectivity index (χ4v) is 4.03. The van der Waals surface area contributed by atoms with Crippen LogP contribution in [0, 0.1) is 12.8 Å². The van der Waals surface area contributed by atoms with Gasteiger partial charge in [-0.25, -0.2) is 0 Å². The minimum atomic E-state index is -4.02. The number of fused-ring (bicyclic) bond motifs is 1. The highest BCUT2D eigenvalue weighted by atomic mass is 32.2. The number of hydrogen-bond acceptors (Lipinski definition) is 4. The molecule has 2 heterocycles. The highest BCUT2D eigenvalue weighted by molar-refractivity contribution is 7.85. The maximum Gasteiger partial charge on any atom is 0.294 e. The van der Waals surface area contributed by atoms with Crippen LogP contribution < -0.4 is 5.32 Å². The lowest BCUT2D eigenvalue weighted by Gasteiger charge is -2.51. The van der Waals surface area contributed by atoms with Crippen molar-refractivity contribution in [3.8, 4) is 0 Å². The minimum Gasteiger partial charge on any atom is -0.315 e. The number of likely N-dealkylation sites (tertiary alicyclic amines) is 1. The molecule has 2 aliphatic heterocycles. The summed E-state index contributed by atoms with van der Waals surface area (Å²) in [6, 6.07) is 17.6. The molecule has 140 valence electrons. The zero-order chi connectivity index (χ0) is 18.6. The van der Waals surface area contributed by atoms with Gasteiger partial charge in [-0.3, -0.25) is 9.45 Å². The number of benzene rings is 2. The molecular weight excluding hydrogens is 348 g/mol. The zero-order valence-corrected chi connectivity index (χ0v) is 15.8. The number of nitrogens with zero attached hydrogens (tertiary/aromatic N) is 1. The first-order valence-corrected chi connectivity index (χ1v) is 10.4. The van der Waals surface area contributed by atoms with Crippen molar-refractivity contribution in [1.82, 2.24) is 10.2 Å². The molecule has 5 nitrogen and oxygen atoms in total. The van der Waals surface area contributed by atoms with Gasteiger partial charge in [-0.2, -0.15) is 8.42 Å². The van der Waals surface area contributed by atoms with Gasteiger partial charge in [0.15, 0.2) is 0 Å². The third-order valence-corrected chi connectivity index (χ3v) is 5.94. The molecule has 0 bridgehead atoms. The molecule has 2 N–H and O–H groups in total. The molecule has 2 saturated heterocycles.